The van der Waals surface area contributed by atoms with Crippen LogP contribution in [-0.2, 0) is 18.4 Å². The number of carbonyl (C=O) groups is 1. The Morgan fingerprint density at radius 1 is 0.479 bits per heavy atom. The van der Waals surface area contributed by atoms with Crippen LogP contribution < -0.4 is 10.2 Å². The Labute approximate surface area is 455 Å². The Morgan fingerprint density at radius 2 is 0.795 bits per heavy atom. The first-order valence-electron chi connectivity index (χ1n) is 31.8. The quantitative estimate of drug-likeness (QED) is 0.0272. The molecule has 0 heterocycles. The number of hydrogen-bond donors (Lipinski definition) is 2. The predicted molar refractivity (Wildman–Crippen MR) is 316 cm³/mol. The average Bonchev–Trinajstić information content (AvgIpc) is 3.35. The highest BCUT2D eigenvalue weighted by molar-refractivity contribution is 7.45. The number of likely N-dealkylation sites (N-methyl/N-ethyl adjacent to an activating group) is 1. The molecule has 9 heteroatoms. The van der Waals surface area contributed by atoms with Gasteiger partial charge in [-0.15, -0.1) is 0 Å². The lowest BCUT2D eigenvalue weighted by Crippen LogP contribution is -2.46. The van der Waals surface area contributed by atoms with Gasteiger partial charge in [-0.1, -0.05) is 294 Å². The van der Waals surface area contributed by atoms with E-state index >= 15 is 0 Å². The minimum atomic E-state index is -4.58. The molecule has 0 saturated carbocycles. The molecule has 0 radical (unpaired) electrons. The van der Waals surface area contributed by atoms with Crippen LogP contribution >= 0.6 is 7.82 Å². The van der Waals surface area contributed by atoms with Gasteiger partial charge in [0, 0.05) is 6.42 Å². The second-order valence-electron chi connectivity index (χ2n) is 23.1. The third-order valence-electron chi connectivity index (χ3n) is 14.6. The lowest BCUT2D eigenvalue weighted by Gasteiger charge is -2.30. The standard InChI is InChI=1S/C64H125N2O6P/c1-6-8-10-12-14-16-18-20-22-24-26-28-30-32-34-35-37-39-41-43-45-47-49-51-53-55-57-63(67)62(61-72-73(69,70)71-60-59-66(3,4)5)65-64(68)58-56-54-52-50-48-46-44-42-40-38-36-33-31-29-27-25-23-21-19-17-15-13-11-9-7-2/h19,21,25,27,31,33,62-63,67H,6-18,20,22-24,26,28-30,32,34-61H2,1-5H3,(H-,65,68,69,70)/b21-19-,27-25-,33-31-. The maximum Gasteiger partial charge on any atom is 0.268 e. The Hall–Kier alpha value is -1.28. The van der Waals surface area contributed by atoms with E-state index in [4.69, 9.17) is 9.05 Å². The van der Waals surface area contributed by atoms with Gasteiger partial charge in [0.2, 0.25) is 5.91 Å². The van der Waals surface area contributed by atoms with E-state index in [1.165, 1.54) is 238 Å². The molecule has 2 N–H and O–H groups in total. The summed E-state index contributed by atoms with van der Waals surface area (Å²) in [5.74, 6) is -0.165. The van der Waals surface area contributed by atoms with Crippen molar-refractivity contribution < 1.29 is 32.9 Å². The van der Waals surface area contributed by atoms with Gasteiger partial charge in [-0.2, -0.15) is 0 Å². The van der Waals surface area contributed by atoms with Crippen LogP contribution in [0.15, 0.2) is 36.5 Å². The molecule has 0 bridgehead atoms. The second kappa shape index (κ2) is 55.5. The van der Waals surface area contributed by atoms with E-state index in [9.17, 15) is 19.4 Å². The molecule has 0 aliphatic heterocycles. The zero-order valence-electron chi connectivity index (χ0n) is 49.4. The SMILES string of the molecule is CCCCCCC/C=C\C/C=C\C/C=C\CCCCCCCCCCCCC(=O)NC(COP(=O)([O-])OCC[N+](C)(C)C)C(O)CCCCCCCCCCCCCCCCCCCCCCCCCCCC. The molecule has 73 heavy (non-hydrogen) atoms. The normalized spacial score (nSPS) is 14.0. The average molecular weight is 1050 g/mol. The number of phosphoric ester groups is 1. The van der Waals surface area contributed by atoms with E-state index in [1.807, 2.05) is 21.1 Å². The van der Waals surface area contributed by atoms with Crippen LogP contribution in [0.1, 0.15) is 316 Å². The molecule has 8 nitrogen and oxygen atoms in total. The van der Waals surface area contributed by atoms with Crippen molar-refractivity contribution in [2.45, 2.75) is 328 Å². The molecule has 432 valence electrons. The van der Waals surface area contributed by atoms with Gasteiger partial charge in [0.15, 0.2) is 0 Å². The number of aliphatic hydroxyl groups excluding tert-OH is 1. The van der Waals surface area contributed by atoms with Crippen LogP contribution in [0.25, 0.3) is 0 Å². The highest BCUT2D eigenvalue weighted by Gasteiger charge is 2.24. The fourth-order valence-electron chi connectivity index (χ4n) is 9.64. The Kier molecular flexibility index (Phi) is 54.5. The minimum absolute atomic E-state index is 0.0117. The number of quaternary nitrogens is 1. The smallest absolute Gasteiger partial charge is 0.268 e. The highest BCUT2D eigenvalue weighted by Crippen LogP contribution is 2.38. The summed E-state index contributed by atoms with van der Waals surface area (Å²) in [6.07, 6.45) is 71.9. The van der Waals surface area contributed by atoms with Crippen LogP contribution in [0.3, 0.4) is 0 Å². The van der Waals surface area contributed by atoms with E-state index < -0.39 is 20.0 Å². The predicted octanol–water partition coefficient (Wildman–Crippen LogP) is 19.1. The minimum Gasteiger partial charge on any atom is -0.756 e. The highest BCUT2D eigenvalue weighted by atomic mass is 31.2. The number of hydrogen-bond acceptors (Lipinski definition) is 6. The third-order valence-corrected chi connectivity index (χ3v) is 15.6. The molecule has 0 spiro atoms. The fraction of sp³-hybridized carbons (Fsp3) is 0.891. The first-order chi connectivity index (χ1) is 35.5. The lowest BCUT2D eigenvalue weighted by molar-refractivity contribution is -0.870. The van der Waals surface area contributed by atoms with Crippen LogP contribution in [0.5, 0.6) is 0 Å². The number of rotatable bonds is 59. The van der Waals surface area contributed by atoms with Crippen molar-refractivity contribution in [2.24, 2.45) is 0 Å². The number of allylic oxidation sites excluding steroid dienone is 6. The van der Waals surface area contributed by atoms with Gasteiger partial charge >= 0.3 is 0 Å². The molecule has 0 aliphatic rings. The molecule has 0 rings (SSSR count). The fourth-order valence-corrected chi connectivity index (χ4v) is 10.4. The Balaban J connectivity index is 4.11. The van der Waals surface area contributed by atoms with Gasteiger partial charge in [0.05, 0.1) is 39.9 Å². The summed E-state index contributed by atoms with van der Waals surface area (Å²) in [5, 5.41) is 14.1. The van der Waals surface area contributed by atoms with Crippen molar-refractivity contribution in [2.75, 3.05) is 40.9 Å². The molecule has 3 unspecified atom stereocenters. The number of amides is 1. The number of aliphatic hydroxyl groups is 1. The van der Waals surface area contributed by atoms with Crippen molar-refractivity contribution in [3.8, 4) is 0 Å². The molecule has 0 saturated heterocycles. The van der Waals surface area contributed by atoms with E-state index in [0.29, 0.717) is 23.9 Å². The van der Waals surface area contributed by atoms with Gasteiger partial charge in [0.25, 0.3) is 7.82 Å². The van der Waals surface area contributed by atoms with Gasteiger partial charge in [-0.05, 0) is 51.4 Å². The van der Waals surface area contributed by atoms with E-state index in [1.54, 1.807) is 0 Å². The van der Waals surface area contributed by atoms with Crippen molar-refractivity contribution in [1.29, 1.82) is 0 Å². The second-order valence-corrected chi connectivity index (χ2v) is 24.5. The van der Waals surface area contributed by atoms with Gasteiger partial charge in [-0.3, -0.25) is 9.36 Å². The summed E-state index contributed by atoms with van der Waals surface area (Å²) in [5.41, 5.74) is 0. The summed E-state index contributed by atoms with van der Waals surface area (Å²) in [6, 6.07) is -0.804. The summed E-state index contributed by atoms with van der Waals surface area (Å²) in [7, 11) is 1.31. The first-order valence-corrected chi connectivity index (χ1v) is 33.3. The van der Waals surface area contributed by atoms with Gasteiger partial charge in [0.1, 0.15) is 13.2 Å². The van der Waals surface area contributed by atoms with Crippen molar-refractivity contribution in [3.05, 3.63) is 36.5 Å². The molecule has 0 aromatic carbocycles. The van der Waals surface area contributed by atoms with E-state index in [2.05, 4.69) is 55.6 Å². The lowest BCUT2D eigenvalue weighted by atomic mass is 10.0. The summed E-state index contributed by atoms with van der Waals surface area (Å²) in [4.78, 5) is 25.6. The zero-order chi connectivity index (χ0) is 53.5. The third kappa shape index (κ3) is 58.2. The molecule has 3 atom stereocenters. The summed E-state index contributed by atoms with van der Waals surface area (Å²) in [6.45, 7) is 4.75. The number of nitrogens with zero attached hydrogens (tertiary/aromatic N) is 1. The number of phosphoric acid groups is 1. The van der Waals surface area contributed by atoms with Crippen LogP contribution in [0.2, 0.25) is 0 Å². The molecule has 0 fully saturated rings. The van der Waals surface area contributed by atoms with Crippen LogP contribution in [-0.4, -0.2) is 68.5 Å². The molecule has 0 aromatic rings. The van der Waals surface area contributed by atoms with Crippen LogP contribution in [0.4, 0.5) is 0 Å². The molecule has 0 aromatic heterocycles. The van der Waals surface area contributed by atoms with E-state index in [-0.39, 0.29) is 19.1 Å². The van der Waals surface area contributed by atoms with Crippen molar-refractivity contribution in [1.82, 2.24) is 5.32 Å². The number of nitrogens with one attached hydrogen (secondary N) is 1. The van der Waals surface area contributed by atoms with Crippen molar-refractivity contribution >= 4 is 13.7 Å². The number of unbranched alkanes of at least 4 members (excludes halogenated alkanes) is 40. The monoisotopic (exact) mass is 1050 g/mol. The Morgan fingerprint density at radius 3 is 1.15 bits per heavy atom. The zero-order valence-corrected chi connectivity index (χ0v) is 50.3. The topological polar surface area (TPSA) is 108 Å². The number of carbonyl (C=O) groups excluding carboxylic acids is 1. The molecule has 0 aliphatic carbocycles. The molecular weight excluding hydrogens is 924 g/mol. The van der Waals surface area contributed by atoms with E-state index in [0.717, 1.165) is 51.4 Å². The first kappa shape index (κ1) is 71.7. The summed E-state index contributed by atoms with van der Waals surface area (Å²) < 4.78 is 23.5. The maximum absolute atomic E-state index is 13.0. The van der Waals surface area contributed by atoms with Crippen molar-refractivity contribution in [3.63, 3.8) is 0 Å². The van der Waals surface area contributed by atoms with Gasteiger partial charge in [-0.25, -0.2) is 0 Å². The van der Waals surface area contributed by atoms with Gasteiger partial charge < -0.3 is 28.8 Å². The summed E-state index contributed by atoms with van der Waals surface area (Å²) >= 11 is 0. The maximum atomic E-state index is 13.0. The largest absolute Gasteiger partial charge is 0.756 e. The van der Waals surface area contributed by atoms with Crippen LogP contribution in [0, 0.1) is 0 Å². The molecular formula is C64H125N2O6P. The molecule has 1 amide bonds. The Bertz CT molecular complexity index is 1280.